The Hall–Kier alpha value is -0.540. The standard InChI is InChI=1S/C8H12N2O.ClH/c1-6-5-10-4-2-3-7(11)8(10)9-6;/h5,7,11H,2-4H2,1H3;1H. The van der Waals surface area contributed by atoms with Crippen LogP contribution in [-0.2, 0) is 6.54 Å². The van der Waals surface area contributed by atoms with Gasteiger partial charge in [-0.3, -0.25) is 0 Å². The van der Waals surface area contributed by atoms with Gasteiger partial charge in [-0.1, -0.05) is 0 Å². The van der Waals surface area contributed by atoms with Crippen LogP contribution in [0.25, 0.3) is 0 Å². The Balaban J connectivity index is 0.000000720. The number of rotatable bonds is 0. The number of aromatic nitrogens is 2. The van der Waals surface area contributed by atoms with Gasteiger partial charge in [0.2, 0.25) is 0 Å². The van der Waals surface area contributed by atoms with Crippen molar-refractivity contribution in [3.63, 3.8) is 0 Å². The molecule has 0 bridgehead atoms. The van der Waals surface area contributed by atoms with E-state index in [1.54, 1.807) is 0 Å². The molecule has 0 fully saturated rings. The Labute approximate surface area is 77.8 Å². The fourth-order valence-electron chi connectivity index (χ4n) is 1.59. The summed E-state index contributed by atoms with van der Waals surface area (Å²) in [5, 5.41) is 9.49. The molecule has 0 aliphatic carbocycles. The number of aryl methyl sites for hydroxylation is 2. The minimum Gasteiger partial charge on any atom is -0.385 e. The summed E-state index contributed by atoms with van der Waals surface area (Å²) in [6.45, 7) is 2.96. The Morgan fingerprint density at radius 2 is 2.42 bits per heavy atom. The summed E-state index contributed by atoms with van der Waals surface area (Å²) >= 11 is 0. The van der Waals surface area contributed by atoms with E-state index in [1.165, 1.54) is 0 Å². The summed E-state index contributed by atoms with van der Waals surface area (Å²) in [7, 11) is 0. The topological polar surface area (TPSA) is 38.0 Å². The van der Waals surface area contributed by atoms with E-state index in [4.69, 9.17) is 0 Å². The zero-order valence-electron chi connectivity index (χ0n) is 7.03. The average Bonchev–Trinajstić information content (AvgIpc) is 2.31. The van der Waals surface area contributed by atoms with Crippen molar-refractivity contribution < 1.29 is 5.11 Å². The SMILES string of the molecule is Cc1cn2c(n1)C(O)CCC2.Cl. The van der Waals surface area contributed by atoms with Gasteiger partial charge in [0.25, 0.3) is 0 Å². The number of hydrogen-bond donors (Lipinski definition) is 1. The molecule has 1 aromatic rings. The molecule has 1 aromatic heterocycles. The van der Waals surface area contributed by atoms with Crippen LogP contribution in [0.15, 0.2) is 6.20 Å². The van der Waals surface area contributed by atoms with Crippen molar-refractivity contribution in [2.24, 2.45) is 0 Å². The van der Waals surface area contributed by atoms with E-state index < -0.39 is 0 Å². The highest BCUT2D eigenvalue weighted by Gasteiger charge is 2.19. The van der Waals surface area contributed by atoms with E-state index in [1.807, 2.05) is 17.7 Å². The molecule has 3 nitrogen and oxygen atoms in total. The molecular formula is C8H13ClN2O. The van der Waals surface area contributed by atoms with Crippen LogP contribution in [0, 0.1) is 6.92 Å². The number of imidazole rings is 1. The third-order valence-corrected chi connectivity index (χ3v) is 2.10. The zero-order chi connectivity index (χ0) is 7.84. The average molecular weight is 189 g/mol. The highest BCUT2D eigenvalue weighted by Crippen LogP contribution is 2.23. The fraction of sp³-hybridized carbons (Fsp3) is 0.625. The summed E-state index contributed by atoms with van der Waals surface area (Å²) in [6.07, 6.45) is 3.58. The highest BCUT2D eigenvalue weighted by molar-refractivity contribution is 5.85. The molecule has 2 heterocycles. The van der Waals surface area contributed by atoms with Gasteiger partial charge < -0.3 is 9.67 Å². The lowest BCUT2D eigenvalue weighted by atomic mass is 10.1. The minimum atomic E-state index is -0.336. The molecule has 2 rings (SSSR count). The van der Waals surface area contributed by atoms with E-state index in [2.05, 4.69) is 4.98 Å². The monoisotopic (exact) mass is 188 g/mol. The van der Waals surface area contributed by atoms with Crippen LogP contribution >= 0.6 is 12.4 Å². The van der Waals surface area contributed by atoms with Crippen molar-refractivity contribution in [2.75, 3.05) is 0 Å². The predicted molar refractivity (Wildman–Crippen MR) is 48.4 cm³/mol. The van der Waals surface area contributed by atoms with E-state index in [0.717, 1.165) is 30.9 Å². The second-order valence-electron chi connectivity index (χ2n) is 3.09. The van der Waals surface area contributed by atoms with Gasteiger partial charge >= 0.3 is 0 Å². The number of fused-ring (bicyclic) bond motifs is 1. The lowest BCUT2D eigenvalue weighted by Gasteiger charge is -2.18. The first-order valence-electron chi connectivity index (χ1n) is 3.99. The smallest absolute Gasteiger partial charge is 0.137 e. The second kappa shape index (κ2) is 3.46. The number of hydrogen-bond acceptors (Lipinski definition) is 2. The number of halogens is 1. The van der Waals surface area contributed by atoms with Gasteiger partial charge in [-0.05, 0) is 19.8 Å². The normalized spacial score (nSPS) is 21.3. The first-order valence-corrected chi connectivity index (χ1v) is 3.99. The zero-order valence-corrected chi connectivity index (χ0v) is 7.84. The molecule has 68 valence electrons. The van der Waals surface area contributed by atoms with Crippen LogP contribution in [0.4, 0.5) is 0 Å². The van der Waals surface area contributed by atoms with E-state index in [0.29, 0.717) is 0 Å². The van der Waals surface area contributed by atoms with Crippen molar-refractivity contribution in [3.05, 3.63) is 17.7 Å². The number of aliphatic hydroxyl groups is 1. The summed E-state index contributed by atoms with van der Waals surface area (Å²) in [5.74, 6) is 0.841. The van der Waals surface area contributed by atoms with Crippen molar-refractivity contribution in [1.29, 1.82) is 0 Å². The molecule has 1 aliphatic rings. The molecule has 0 amide bonds. The van der Waals surface area contributed by atoms with Crippen molar-refractivity contribution in [3.8, 4) is 0 Å². The lowest BCUT2D eigenvalue weighted by Crippen LogP contribution is -2.14. The third-order valence-electron chi connectivity index (χ3n) is 2.10. The first kappa shape index (κ1) is 9.55. The van der Waals surface area contributed by atoms with Crippen LogP contribution in [0.1, 0.15) is 30.5 Å². The highest BCUT2D eigenvalue weighted by atomic mass is 35.5. The molecule has 0 radical (unpaired) electrons. The first-order chi connectivity index (χ1) is 5.27. The summed E-state index contributed by atoms with van der Waals surface area (Å²) in [6, 6.07) is 0. The summed E-state index contributed by atoms with van der Waals surface area (Å²) in [4.78, 5) is 4.25. The maximum Gasteiger partial charge on any atom is 0.137 e. The van der Waals surface area contributed by atoms with Gasteiger partial charge in [-0.25, -0.2) is 4.98 Å². The Morgan fingerprint density at radius 3 is 3.08 bits per heavy atom. The van der Waals surface area contributed by atoms with Gasteiger partial charge in [0, 0.05) is 12.7 Å². The number of aliphatic hydroxyl groups excluding tert-OH is 1. The van der Waals surface area contributed by atoms with Crippen LogP contribution in [-0.4, -0.2) is 14.7 Å². The van der Waals surface area contributed by atoms with Crippen molar-refractivity contribution in [2.45, 2.75) is 32.4 Å². The molecule has 0 saturated carbocycles. The molecule has 1 atom stereocenters. The Bertz CT molecular complexity index is 272. The maximum atomic E-state index is 9.49. The largest absolute Gasteiger partial charge is 0.385 e. The van der Waals surface area contributed by atoms with Crippen LogP contribution in [0.2, 0.25) is 0 Å². The van der Waals surface area contributed by atoms with Crippen LogP contribution < -0.4 is 0 Å². The van der Waals surface area contributed by atoms with Gasteiger partial charge in [0.05, 0.1) is 5.69 Å². The van der Waals surface area contributed by atoms with E-state index >= 15 is 0 Å². The van der Waals surface area contributed by atoms with Gasteiger partial charge in [0.15, 0.2) is 0 Å². The third kappa shape index (κ3) is 1.47. The van der Waals surface area contributed by atoms with Crippen molar-refractivity contribution in [1.82, 2.24) is 9.55 Å². The van der Waals surface area contributed by atoms with Crippen molar-refractivity contribution >= 4 is 12.4 Å². The lowest BCUT2D eigenvalue weighted by molar-refractivity contribution is 0.133. The minimum absolute atomic E-state index is 0. The Kier molecular flexibility index (Phi) is 2.75. The van der Waals surface area contributed by atoms with Gasteiger partial charge in [0.1, 0.15) is 11.9 Å². The van der Waals surface area contributed by atoms with E-state index in [9.17, 15) is 5.11 Å². The quantitative estimate of drug-likeness (QED) is 0.669. The predicted octanol–water partition coefficient (Wildman–Crippen LogP) is 1.44. The molecule has 4 heteroatoms. The summed E-state index contributed by atoms with van der Waals surface area (Å²) in [5.41, 5.74) is 1.00. The molecule has 1 unspecified atom stereocenters. The van der Waals surface area contributed by atoms with Gasteiger partial charge in [-0.15, -0.1) is 12.4 Å². The summed E-state index contributed by atoms with van der Waals surface area (Å²) < 4.78 is 2.05. The maximum absolute atomic E-state index is 9.49. The molecule has 0 aromatic carbocycles. The van der Waals surface area contributed by atoms with Crippen LogP contribution in [0.5, 0.6) is 0 Å². The number of nitrogens with zero attached hydrogens (tertiary/aromatic N) is 2. The fourth-order valence-corrected chi connectivity index (χ4v) is 1.59. The van der Waals surface area contributed by atoms with Crippen LogP contribution in [0.3, 0.4) is 0 Å². The second-order valence-corrected chi connectivity index (χ2v) is 3.09. The molecular weight excluding hydrogens is 176 g/mol. The molecule has 0 spiro atoms. The van der Waals surface area contributed by atoms with E-state index in [-0.39, 0.29) is 18.5 Å². The molecule has 1 aliphatic heterocycles. The van der Waals surface area contributed by atoms with Gasteiger partial charge in [-0.2, -0.15) is 0 Å². The molecule has 12 heavy (non-hydrogen) atoms. The molecule has 1 N–H and O–H groups in total. The Morgan fingerprint density at radius 1 is 1.67 bits per heavy atom. The molecule has 0 saturated heterocycles.